The number of carbonyl (C=O) groups is 4. The van der Waals surface area contributed by atoms with Crippen molar-refractivity contribution in [2.75, 3.05) is 76.3 Å². The van der Waals surface area contributed by atoms with Crippen LogP contribution in [0.3, 0.4) is 0 Å². The van der Waals surface area contributed by atoms with E-state index < -0.39 is 11.9 Å². The van der Waals surface area contributed by atoms with Crippen molar-refractivity contribution < 1.29 is 19.2 Å². The van der Waals surface area contributed by atoms with Gasteiger partial charge in [-0.1, -0.05) is 31.9 Å². The molecule has 12 nitrogen and oxygen atoms in total. The Morgan fingerprint density at radius 3 is 2.08 bits per heavy atom. The number of anilines is 2. The molecule has 5 heterocycles. The number of unbranched alkanes of at least 4 members (excludes halogenated alkanes) is 3. The monoisotopic (exact) mass is 703 g/mol. The Hall–Kier alpha value is -4.29. The third-order valence-corrected chi connectivity index (χ3v) is 10.2. The van der Waals surface area contributed by atoms with Gasteiger partial charge in [-0.3, -0.25) is 19.5 Å². The predicted octanol–water partition coefficient (Wildman–Crippen LogP) is 4.35. The Morgan fingerprint density at radius 2 is 1.51 bits per heavy atom. The smallest absolute Gasteiger partial charge is 0.327 e. The lowest BCUT2D eigenvalue weighted by atomic mass is 9.97. The van der Waals surface area contributed by atoms with Crippen LogP contribution in [0, 0.1) is 0 Å². The standard InChI is InChI=1S/C27H32N6O3.C6H12O.C5H11N.CH2O/c1-30-10-9-19(17-30)18-3-2-4-20(15-18)31-11-13-32(14-12-31)21-5-6-23-22(16-21)28-27(36)33(23)24-7-8-25(34)29-26(24)35;1-2-3-4-5-6-7;1-6-4-2-3-5-6;1-2/h2-6,15-16,19,24H,7-14,17H2,1H3,(H,28,36)(H,29,34,35);6H,2-5H2,1H3;2-5H2,1H3;1H2. The maximum atomic E-state index is 12.7. The molecule has 2 unspecified atom stereocenters. The molecule has 7 rings (SSSR count). The van der Waals surface area contributed by atoms with Gasteiger partial charge in [-0.25, -0.2) is 4.79 Å². The van der Waals surface area contributed by atoms with Gasteiger partial charge in [0.05, 0.1) is 11.0 Å². The maximum Gasteiger partial charge on any atom is 0.327 e. The van der Waals surface area contributed by atoms with Crippen LogP contribution < -0.4 is 20.8 Å². The van der Waals surface area contributed by atoms with Crippen LogP contribution in [-0.2, 0) is 19.2 Å². The Balaban J connectivity index is 0.000000327. The van der Waals surface area contributed by atoms with Gasteiger partial charge in [0.2, 0.25) is 11.8 Å². The topological polar surface area (TPSA) is 131 Å². The van der Waals surface area contributed by atoms with E-state index in [4.69, 9.17) is 4.79 Å². The largest absolute Gasteiger partial charge is 0.368 e. The zero-order chi connectivity index (χ0) is 36.8. The first-order valence-electron chi connectivity index (χ1n) is 18.5. The molecule has 51 heavy (non-hydrogen) atoms. The van der Waals surface area contributed by atoms with E-state index in [1.54, 1.807) is 0 Å². The lowest BCUT2D eigenvalue weighted by Crippen LogP contribution is -2.46. The number of piperazine rings is 1. The highest BCUT2D eigenvalue weighted by Crippen LogP contribution is 2.30. The van der Waals surface area contributed by atoms with Gasteiger partial charge in [0, 0.05) is 56.9 Å². The SMILES string of the molecule is C=O.CCCCCC=O.CN1CCC(c2cccc(N3CCN(c4ccc5c(c4)[nH]c(=O)n5C4CCC(=O)NC4=O)CC3)c2)C1.CN1CCCC1. The van der Waals surface area contributed by atoms with Gasteiger partial charge in [-0.05, 0) is 108 Å². The number of piperidine rings is 1. The number of imide groups is 1. The Morgan fingerprint density at radius 1 is 0.824 bits per heavy atom. The van der Waals surface area contributed by atoms with Crippen molar-refractivity contribution in [3.63, 3.8) is 0 Å². The van der Waals surface area contributed by atoms with E-state index in [-0.39, 0.29) is 18.0 Å². The molecule has 0 radical (unpaired) electrons. The van der Waals surface area contributed by atoms with Crippen LogP contribution in [0.25, 0.3) is 11.0 Å². The summed E-state index contributed by atoms with van der Waals surface area (Å²) in [5.74, 6) is -0.0838. The molecule has 0 saturated carbocycles. The summed E-state index contributed by atoms with van der Waals surface area (Å²) in [6.07, 6.45) is 9.81. The molecule has 1 aromatic heterocycles. The summed E-state index contributed by atoms with van der Waals surface area (Å²) in [5.41, 5.74) is 4.86. The van der Waals surface area contributed by atoms with Crippen LogP contribution in [0.4, 0.5) is 11.4 Å². The van der Waals surface area contributed by atoms with Gasteiger partial charge in [0.25, 0.3) is 0 Å². The second-order valence-electron chi connectivity index (χ2n) is 14.0. The number of benzene rings is 2. The number of amides is 2. The molecule has 0 spiro atoms. The number of aldehydes is 1. The third kappa shape index (κ3) is 10.9. The average molecular weight is 704 g/mol. The van der Waals surface area contributed by atoms with Gasteiger partial charge >= 0.3 is 5.69 Å². The molecule has 2 N–H and O–H groups in total. The molecule has 278 valence electrons. The van der Waals surface area contributed by atoms with Crippen LogP contribution in [-0.4, -0.2) is 111 Å². The molecule has 4 aliphatic heterocycles. The van der Waals surface area contributed by atoms with Crippen LogP contribution in [0.5, 0.6) is 0 Å². The van der Waals surface area contributed by atoms with E-state index in [9.17, 15) is 19.2 Å². The number of fused-ring (bicyclic) bond motifs is 1. The minimum atomic E-state index is -0.668. The van der Waals surface area contributed by atoms with Gasteiger partial charge in [0.15, 0.2) is 0 Å². The van der Waals surface area contributed by atoms with Crippen LogP contribution in [0.15, 0.2) is 47.3 Å². The van der Waals surface area contributed by atoms with Gasteiger partial charge in [0.1, 0.15) is 19.1 Å². The maximum absolute atomic E-state index is 12.7. The highest BCUT2D eigenvalue weighted by atomic mass is 16.2. The van der Waals surface area contributed by atoms with Crippen LogP contribution in [0.2, 0.25) is 0 Å². The van der Waals surface area contributed by atoms with E-state index in [1.165, 1.54) is 67.6 Å². The first-order valence-corrected chi connectivity index (χ1v) is 18.5. The number of imidazole rings is 1. The second kappa shape index (κ2) is 19.9. The minimum absolute atomic E-state index is 0.235. The Bertz CT molecular complexity index is 1620. The number of hydrogen-bond donors (Lipinski definition) is 2. The van der Waals surface area contributed by atoms with E-state index in [1.807, 2.05) is 25.0 Å². The van der Waals surface area contributed by atoms with E-state index in [0.29, 0.717) is 23.4 Å². The molecule has 2 amide bonds. The number of nitrogens with zero attached hydrogens (tertiary/aromatic N) is 5. The number of likely N-dealkylation sites (tertiary alicyclic amines) is 2. The van der Waals surface area contributed by atoms with Crippen molar-refractivity contribution in [2.45, 2.75) is 76.7 Å². The number of likely N-dealkylation sites (N-methyl/N-ethyl adjacent to an activating group) is 1. The minimum Gasteiger partial charge on any atom is -0.368 e. The molecule has 12 heteroatoms. The van der Waals surface area contributed by atoms with E-state index >= 15 is 0 Å². The summed E-state index contributed by atoms with van der Waals surface area (Å²) in [7, 11) is 4.37. The number of carbonyl (C=O) groups excluding carboxylic acids is 4. The summed E-state index contributed by atoms with van der Waals surface area (Å²) in [5, 5.41) is 2.34. The zero-order valence-corrected chi connectivity index (χ0v) is 30.8. The molecule has 2 aromatic carbocycles. The van der Waals surface area contributed by atoms with Crippen molar-refractivity contribution in [2.24, 2.45) is 0 Å². The Kier molecular flexibility index (Phi) is 15.4. The zero-order valence-electron chi connectivity index (χ0n) is 30.8. The lowest BCUT2D eigenvalue weighted by molar-refractivity contribution is -0.135. The third-order valence-electron chi connectivity index (χ3n) is 10.2. The molecule has 2 atom stereocenters. The van der Waals surface area contributed by atoms with Crippen molar-refractivity contribution in [3.8, 4) is 0 Å². The normalized spacial score (nSPS) is 20.8. The molecule has 4 fully saturated rings. The molecule has 4 aliphatic rings. The number of rotatable bonds is 8. The fourth-order valence-electron chi connectivity index (χ4n) is 7.31. The highest BCUT2D eigenvalue weighted by Gasteiger charge is 2.31. The van der Waals surface area contributed by atoms with Crippen molar-refractivity contribution in [3.05, 3.63) is 58.5 Å². The fourth-order valence-corrected chi connectivity index (χ4v) is 7.31. The molecular weight excluding hydrogens is 646 g/mol. The molecule has 3 aromatic rings. The predicted molar refractivity (Wildman–Crippen MR) is 204 cm³/mol. The van der Waals surface area contributed by atoms with E-state index in [0.717, 1.165) is 57.5 Å². The fraction of sp³-hybridized carbons (Fsp3) is 0.564. The van der Waals surface area contributed by atoms with Gasteiger partial charge < -0.3 is 34.2 Å². The number of hydrogen-bond acceptors (Lipinski definition) is 9. The number of aromatic amines is 1. The first kappa shape index (κ1) is 39.5. The summed E-state index contributed by atoms with van der Waals surface area (Å²) >= 11 is 0. The van der Waals surface area contributed by atoms with Crippen LogP contribution in [0.1, 0.15) is 82.2 Å². The number of H-pyrrole nitrogens is 1. The molecule has 0 aliphatic carbocycles. The van der Waals surface area contributed by atoms with Crippen LogP contribution >= 0.6 is 0 Å². The number of aromatic nitrogens is 2. The summed E-state index contributed by atoms with van der Waals surface area (Å²) in [6, 6.07) is 14.3. The van der Waals surface area contributed by atoms with Crippen molar-refractivity contribution in [1.29, 1.82) is 0 Å². The highest BCUT2D eigenvalue weighted by molar-refractivity contribution is 6.00. The molecular formula is C39H57N7O5. The van der Waals surface area contributed by atoms with Gasteiger partial charge in [-0.15, -0.1) is 0 Å². The summed E-state index contributed by atoms with van der Waals surface area (Å²) in [6.45, 7) is 12.7. The van der Waals surface area contributed by atoms with Gasteiger partial charge in [-0.2, -0.15) is 0 Å². The lowest BCUT2D eigenvalue weighted by Gasteiger charge is -2.37. The second-order valence-corrected chi connectivity index (χ2v) is 14.0. The average Bonchev–Trinajstić information content (AvgIpc) is 3.89. The number of nitrogens with one attached hydrogen (secondary N) is 2. The quantitative estimate of drug-likeness (QED) is 0.200. The summed E-state index contributed by atoms with van der Waals surface area (Å²) < 4.78 is 1.48. The molecule has 4 saturated heterocycles. The Labute approximate surface area is 302 Å². The van der Waals surface area contributed by atoms with E-state index in [2.05, 4.69) is 75.2 Å². The van der Waals surface area contributed by atoms with Crippen molar-refractivity contribution in [1.82, 2.24) is 24.7 Å². The molecule has 0 bridgehead atoms. The summed E-state index contributed by atoms with van der Waals surface area (Å²) in [4.78, 5) is 66.7. The van der Waals surface area contributed by atoms with Crippen molar-refractivity contribution >= 4 is 47.3 Å². The first-order chi connectivity index (χ1) is 24.8.